The molecule has 0 atom stereocenters. The van der Waals surface area contributed by atoms with Crippen LogP contribution < -0.4 is 0 Å². The topological polar surface area (TPSA) is 33.0 Å². The normalized spacial score (nSPS) is 27.8. The summed E-state index contributed by atoms with van der Waals surface area (Å²) in [6.07, 6.45) is 17.3. The zero-order chi connectivity index (χ0) is 21.2. The lowest BCUT2D eigenvalue weighted by molar-refractivity contribution is -0.00337. The van der Waals surface area contributed by atoms with Crippen LogP contribution in [0.2, 0.25) is 0 Å². The van der Waals surface area contributed by atoms with Crippen molar-refractivity contribution in [3.63, 3.8) is 0 Å². The highest BCUT2D eigenvalue weighted by Gasteiger charge is 2.25. The second kappa shape index (κ2) is 12.1. The quantitative estimate of drug-likeness (QED) is 0.330. The Morgan fingerprint density at radius 2 is 1.77 bits per heavy atom. The van der Waals surface area contributed by atoms with Crippen LogP contribution in [0.25, 0.3) is 0 Å². The Bertz CT molecular complexity index is 729. The van der Waals surface area contributed by atoms with E-state index < -0.39 is 5.83 Å². The Balaban J connectivity index is 1.33. The van der Waals surface area contributed by atoms with Crippen LogP contribution in [0.15, 0.2) is 48.3 Å². The van der Waals surface area contributed by atoms with Gasteiger partial charge in [-0.2, -0.15) is 9.65 Å². The van der Waals surface area contributed by atoms with Crippen LogP contribution >= 0.6 is 0 Å². The predicted molar refractivity (Wildman–Crippen MR) is 121 cm³/mol. The molecule has 0 bridgehead atoms. The minimum atomic E-state index is -0.725. The molecule has 2 saturated carbocycles. The van der Waals surface area contributed by atoms with E-state index in [1.807, 2.05) is 6.08 Å². The lowest BCUT2D eigenvalue weighted by Gasteiger charge is -2.32. The zero-order valence-electron chi connectivity index (χ0n) is 18.4. The van der Waals surface area contributed by atoms with E-state index in [1.165, 1.54) is 74.6 Å². The van der Waals surface area contributed by atoms with Crippen molar-refractivity contribution in [3.8, 4) is 6.07 Å². The molecule has 3 heteroatoms. The summed E-state index contributed by atoms with van der Waals surface area (Å²) in [5.74, 6) is 1.13. The monoisotopic (exact) mass is 409 g/mol. The first-order valence-electron chi connectivity index (χ1n) is 11.8. The maximum atomic E-state index is 12.8. The molecule has 0 heterocycles. The number of nitrogens with zero attached hydrogens (tertiary/aromatic N) is 1. The molecule has 3 rings (SSSR count). The molecule has 0 saturated heterocycles. The first-order valence-corrected chi connectivity index (χ1v) is 11.8. The summed E-state index contributed by atoms with van der Waals surface area (Å²) in [5, 5.41) is 8.43. The van der Waals surface area contributed by atoms with Crippen LogP contribution in [0.1, 0.15) is 81.8 Å². The first-order chi connectivity index (χ1) is 14.7. The first kappa shape index (κ1) is 22.8. The van der Waals surface area contributed by atoms with E-state index in [9.17, 15) is 4.39 Å². The summed E-state index contributed by atoms with van der Waals surface area (Å²) in [6.45, 7) is 3.12. The maximum Gasteiger partial charge on any atom is 0.199 e. The van der Waals surface area contributed by atoms with Gasteiger partial charge in [0.25, 0.3) is 0 Å². The van der Waals surface area contributed by atoms with Gasteiger partial charge in [0.2, 0.25) is 0 Å². The molecule has 2 aliphatic rings. The Kier molecular flexibility index (Phi) is 9.15. The third-order valence-electron chi connectivity index (χ3n) is 6.86. The fourth-order valence-corrected chi connectivity index (χ4v) is 4.96. The molecule has 0 aliphatic heterocycles. The molecule has 1 aromatic carbocycles. The van der Waals surface area contributed by atoms with Gasteiger partial charge in [-0.1, -0.05) is 49.8 Å². The van der Waals surface area contributed by atoms with Crippen molar-refractivity contribution < 1.29 is 9.13 Å². The highest BCUT2D eigenvalue weighted by atomic mass is 19.1. The molecule has 0 amide bonds. The number of nitriles is 1. The fraction of sp³-hybridized carbons (Fsp3) is 0.593. The van der Waals surface area contributed by atoms with Gasteiger partial charge in [0.1, 0.15) is 6.07 Å². The van der Waals surface area contributed by atoms with Crippen molar-refractivity contribution in [1.29, 1.82) is 5.26 Å². The van der Waals surface area contributed by atoms with Crippen LogP contribution in [0.3, 0.4) is 0 Å². The number of hydrogen-bond acceptors (Lipinski definition) is 2. The third kappa shape index (κ3) is 7.10. The van der Waals surface area contributed by atoms with Gasteiger partial charge in [0.05, 0.1) is 6.10 Å². The van der Waals surface area contributed by atoms with E-state index in [1.54, 1.807) is 6.08 Å². The van der Waals surface area contributed by atoms with Crippen molar-refractivity contribution in [2.75, 3.05) is 6.61 Å². The number of aryl methyl sites for hydroxylation is 1. The van der Waals surface area contributed by atoms with Crippen molar-refractivity contribution in [1.82, 2.24) is 0 Å². The number of ether oxygens (including phenoxy) is 1. The van der Waals surface area contributed by atoms with Crippen molar-refractivity contribution >= 4 is 0 Å². The molecule has 2 aliphatic carbocycles. The van der Waals surface area contributed by atoms with Gasteiger partial charge in [-0.25, -0.2) is 0 Å². The minimum Gasteiger partial charge on any atom is -0.378 e. The Labute approximate surface area is 181 Å². The van der Waals surface area contributed by atoms with Crippen LogP contribution in [0, 0.1) is 23.2 Å². The smallest absolute Gasteiger partial charge is 0.199 e. The second-order valence-electron chi connectivity index (χ2n) is 9.09. The molecular weight excluding hydrogens is 373 g/mol. The Hall–Kier alpha value is -1.92. The van der Waals surface area contributed by atoms with Crippen LogP contribution in [-0.2, 0) is 11.2 Å². The van der Waals surface area contributed by atoms with E-state index in [-0.39, 0.29) is 0 Å². The van der Waals surface area contributed by atoms with Crippen molar-refractivity contribution in [2.45, 2.75) is 83.2 Å². The van der Waals surface area contributed by atoms with E-state index in [2.05, 4.69) is 31.2 Å². The van der Waals surface area contributed by atoms with Crippen LogP contribution in [0.5, 0.6) is 0 Å². The molecule has 0 aromatic heterocycles. The summed E-state index contributed by atoms with van der Waals surface area (Å²) < 4.78 is 19.1. The van der Waals surface area contributed by atoms with E-state index >= 15 is 0 Å². The molecule has 0 unspecified atom stereocenters. The van der Waals surface area contributed by atoms with Gasteiger partial charge in [-0.05, 0) is 92.7 Å². The van der Waals surface area contributed by atoms with Gasteiger partial charge in [-0.3, -0.25) is 0 Å². The number of benzene rings is 1. The lowest BCUT2D eigenvalue weighted by Crippen LogP contribution is -2.25. The van der Waals surface area contributed by atoms with Crippen molar-refractivity contribution in [3.05, 3.63) is 59.4 Å². The van der Waals surface area contributed by atoms with Gasteiger partial charge in [-0.15, -0.1) is 0 Å². The summed E-state index contributed by atoms with van der Waals surface area (Å²) in [6, 6.07) is 10.8. The highest BCUT2D eigenvalue weighted by molar-refractivity contribution is 5.26. The molecular formula is C27H36FNO. The number of rotatable bonds is 8. The Morgan fingerprint density at radius 3 is 2.40 bits per heavy atom. The Morgan fingerprint density at radius 1 is 1.07 bits per heavy atom. The second-order valence-corrected chi connectivity index (χ2v) is 9.09. The van der Waals surface area contributed by atoms with E-state index in [0.29, 0.717) is 23.9 Å². The van der Waals surface area contributed by atoms with E-state index in [4.69, 9.17) is 10.00 Å². The third-order valence-corrected chi connectivity index (χ3v) is 6.86. The number of hydrogen-bond donors (Lipinski definition) is 0. The summed E-state index contributed by atoms with van der Waals surface area (Å²) in [7, 11) is 0. The molecule has 2 nitrogen and oxygen atoms in total. The molecule has 0 spiro atoms. The summed E-state index contributed by atoms with van der Waals surface area (Å²) >= 11 is 0. The average molecular weight is 410 g/mol. The number of allylic oxidation sites excluding steroid dienone is 4. The molecule has 30 heavy (non-hydrogen) atoms. The van der Waals surface area contributed by atoms with Gasteiger partial charge < -0.3 is 4.74 Å². The number of halogens is 1. The predicted octanol–water partition coefficient (Wildman–Crippen LogP) is 7.42. The maximum absolute atomic E-state index is 12.8. The van der Waals surface area contributed by atoms with Crippen LogP contribution in [-0.4, -0.2) is 12.7 Å². The summed E-state index contributed by atoms with van der Waals surface area (Å²) in [4.78, 5) is 0. The van der Waals surface area contributed by atoms with Gasteiger partial charge in [0.15, 0.2) is 5.83 Å². The molecule has 0 N–H and O–H groups in total. The standard InChI is InChI=1S/C27H36FNO/c1-2-4-21-11-13-24(14-12-21)25-15-17-27(18-16-25)30-20-23-9-7-22(8-10-23)5-3-6-26(28)19-29/h3,5-6,11-14,22-23,25,27H,2,4,7-10,15-18,20H2,1H3/t22-,23-,25-,27-. The van der Waals surface area contributed by atoms with E-state index in [0.717, 1.165) is 19.4 Å². The summed E-state index contributed by atoms with van der Waals surface area (Å²) in [5.41, 5.74) is 2.96. The molecule has 1 aromatic rings. The lowest BCUT2D eigenvalue weighted by atomic mass is 9.81. The minimum absolute atomic E-state index is 0.428. The largest absolute Gasteiger partial charge is 0.378 e. The van der Waals surface area contributed by atoms with Crippen molar-refractivity contribution in [2.24, 2.45) is 11.8 Å². The SMILES string of the molecule is CCCc1ccc([C@H]2CC[C@H](OC[C@H]3CC[C@H](C=CC=C(F)C#N)CC3)CC2)cc1. The van der Waals surface area contributed by atoms with Gasteiger partial charge >= 0.3 is 0 Å². The molecule has 0 radical (unpaired) electrons. The molecule has 162 valence electrons. The van der Waals surface area contributed by atoms with Crippen LogP contribution in [0.4, 0.5) is 4.39 Å². The fourth-order valence-electron chi connectivity index (χ4n) is 4.96. The molecule has 2 fully saturated rings. The zero-order valence-corrected chi connectivity index (χ0v) is 18.4. The average Bonchev–Trinajstić information content (AvgIpc) is 2.79. The van der Waals surface area contributed by atoms with Gasteiger partial charge in [0, 0.05) is 6.61 Å². The highest BCUT2D eigenvalue weighted by Crippen LogP contribution is 2.35.